The maximum Gasteiger partial charge on any atom is 0.408 e. The van der Waals surface area contributed by atoms with Gasteiger partial charge < -0.3 is 35.4 Å². The number of nitrogens with one attached hydrogen (secondary N) is 3. The maximum atomic E-state index is 14.2. The van der Waals surface area contributed by atoms with Crippen LogP contribution in [0.3, 0.4) is 0 Å². The topological polar surface area (TPSA) is 159 Å². The fourth-order valence-electron chi connectivity index (χ4n) is 5.55. The molecule has 45 heavy (non-hydrogen) atoms. The lowest BCUT2D eigenvalue weighted by Gasteiger charge is -2.36. The Morgan fingerprint density at radius 2 is 1.76 bits per heavy atom. The number of halogens is 1. The van der Waals surface area contributed by atoms with Crippen molar-refractivity contribution >= 4 is 35.4 Å². The summed E-state index contributed by atoms with van der Waals surface area (Å²) in [7, 11) is 0. The van der Waals surface area contributed by atoms with Gasteiger partial charge in [0.25, 0.3) is 5.91 Å². The van der Waals surface area contributed by atoms with E-state index >= 15 is 0 Å². The molecule has 1 aromatic rings. The third-order valence-electron chi connectivity index (χ3n) is 8.32. The zero-order chi connectivity index (χ0) is 33.1. The maximum absolute atomic E-state index is 14.2. The second kappa shape index (κ2) is 14.1. The van der Waals surface area contributed by atoms with Gasteiger partial charge in [-0.1, -0.05) is 51.6 Å². The number of ether oxygens (including phenoxy) is 2. The molecular formula is C32H48ClN5O7. The lowest BCUT2D eigenvalue weighted by atomic mass is 9.79. The largest absolute Gasteiger partial charge is 0.472 e. The van der Waals surface area contributed by atoms with E-state index in [-0.39, 0.29) is 30.8 Å². The molecule has 3 fully saturated rings. The second-order valence-electron chi connectivity index (χ2n) is 14.6. The number of nitrogens with zero attached hydrogens (tertiary/aromatic N) is 2. The number of alkyl carbamates (subject to hydrolysis) is 1. The Kier molecular flexibility index (Phi) is 10.9. The number of amides is 4. The van der Waals surface area contributed by atoms with Crippen molar-refractivity contribution in [1.82, 2.24) is 25.8 Å². The van der Waals surface area contributed by atoms with Gasteiger partial charge in [-0.2, -0.15) is 0 Å². The quantitative estimate of drug-likeness (QED) is 0.284. The third-order valence-corrected chi connectivity index (χ3v) is 8.55. The Hall–Kier alpha value is -3.12. The average molecular weight is 650 g/mol. The van der Waals surface area contributed by atoms with Crippen LogP contribution in [0.1, 0.15) is 86.5 Å². The monoisotopic (exact) mass is 649 g/mol. The summed E-state index contributed by atoms with van der Waals surface area (Å²) in [6.45, 7) is 10.7. The van der Waals surface area contributed by atoms with E-state index in [0.29, 0.717) is 11.4 Å². The van der Waals surface area contributed by atoms with E-state index < -0.39 is 65.2 Å². The van der Waals surface area contributed by atoms with Gasteiger partial charge in [-0.15, -0.1) is 0 Å². The first-order valence-electron chi connectivity index (χ1n) is 15.9. The smallest absolute Gasteiger partial charge is 0.408 e. The van der Waals surface area contributed by atoms with Crippen molar-refractivity contribution in [2.24, 2.45) is 11.3 Å². The summed E-state index contributed by atoms with van der Waals surface area (Å²) in [4.78, 5) is 59.4. The lowest BCUT2D eigenvalue weighted by molar-refractivity contribution is -0.143. The molecule has 1 aliphatic heterocycles. The molecule has 250 valence electrons. The van der Waals surface area contributed by atoms with Gasteiger partial charge >= 0.3 is 6.09 Å². The van der Waals surface area contributed by atoms with Crippen LogP contribution in [-0.4, -0.2) is 87.3 Å². The van der Waals surface area contributed by atoms with Crippen LogP contribution in [0, 0.1) is 11.3 Å². The van der Waals surface area contributed by atoms with Crippen molar-refractivity contribution in [3.8, 4) is 5.88 Å². The highest BCUT2D eigenvalue weighted by molar-refractivity contribution is 6.30. The molecule has 4 amide bonds. The average Bonchev–Trinajstić information content (AvgIpc) is 3.62. The molecule has 0 radical (unpaired) electrons. The summed E-state index contributed by atoms with van der Waals surface area (Å²) >= 11 is 5.98. The minimum absolute atomic E-state index is 0.0435. The predicted octanol–water partition coefficient (Wildman–Crippen LogP) is 3.34. The van der Waals surface area contributed by atoms with Gasteiger partial charge in [-0.25, -0.2) is 9.78 Å². The molecule has 1 saturated heterocycles. The van der Waals surface area contributed by atoms with E-state index in [1.807, 2.05) is 20.8 Å². The van der Waals surface area contributed by atoms with Gasteiger partial charge in [-0.05, 0) is 57.4 Å². The summed E-state index contributed by atoms with van der Waals surface area (Å²) in [6, 6.07) is 0.438. The van der Waals surface area contributed by atoms with E-state index in [0.717, 1.165) is 32.1 Å². The standard InChI is InChI=1S/C32H48ClN5O7/c1-31(2,3)26(37-30(43)45-32(4,5)6)29(42)38-17-21(44-24-13-10-19(33)16-34-24)15-23(38)27(40)36-22(14-18-8-7-9-18)25(39)28(41)35-20-11-12-20/h10,13,16,18,20-23,25-26,39H,7-9,11-12,14-15,17H2,1-6H3,(H,35,41)(H,36,40)(H,37,43)/t21-,22+,23?,25?,26-/m1/s1. The van der Waals surface area contributed by atoms with Crippen LogP contribution >= 0.6 is 11.6 Å². The number of hydrogen-bond donors (Lipinski definition) is 4. The number of aliphatic hydroxyl groups excluding tert-OH is 1. The Bertz CT molecular complexity index is 1220. The van der Waals surface area contributed by atoms with Crippen LogP contribution in [0.15, 0.2) is 18.3 Å². The predicted molar refractivity (Wildman–Crippen MR) is 167 cm³/mol. The SMILES string of the molecule is CC(C)(C)OC(=O)N[C@H](C(=O)N1C[C@H](Oc2ccc(Cl)cn2)CC1C(=O)N[C@@H](CC1CCC1)C(O)C(=O)NC1CC1)C(C)(C)C. The molecule has 2 aliphatic carbocycles. The molecule has 5 atom stereocenters. The molecule has 13 heteroatoms. The number of aromatic nitrogens is 1. The van der Waals surface area contributed by atoms with Gasteiger partial charge in [0.05, 0.1) is 17.6 Å². The van der Waals surface area contributed by atoms with Gasteiger partial charge in [0.2, 0.25) is 17.7 Å². The summed E-state index contributed by atoms with van der Waals surface area (Å²) in [6.07, 6.45) is 3.97. The molecule has 2 unspecified atom stereocenters. The second-order valence-corrected chi connectivity index (χ2v) is 15.1. The van der Waals surface area contributed by atoms with Gasteiger partial charge in [0.15, 0.2) is 6.10 Å². The fourth-order valence-corrected chi connectivity index (χ4v) is 5.66. The number of likely N-dealkylation sites (tertiary alicyclic amines) is 1. The van der Waals surface area contributed by atoms with Crippen molar-refractivity contribution < 1.29 is 33.8 Å². The first-order chi connectivity index (χ1) is 21.0. The zero-order valence-electron chi connectivity index (χ0n) is 27.1. The highest BCUT2D eigenvalue weighted by atomic mass is 35.5. The summed E-state index contributed by atoms with van der Waals surface area (Å²) < 4.78 is 11.5. The first-order valence-corrected chi connectivity index (χ1v) is 16.2. The number of pyridine rings is 1. The molecule has 2 heterocycles. The first kappa shape index (κ1) is 34.7. The summed E-state index contributed by atoms with van der Waals surface area (Å²) in [5, 5.41) is 19.9. The van der Waals surface area contributed by atoms with Crippen LogP contribution in [0.5, 0.6) is 5.88 Å². The molecule has 0 bridgehead atoms. The number of hydrogen-bond acceptors (Lipinski definition) is 8. The minimum Gasteiger partial charge on any atom is -0.472 e. The van der Waals surface area contributed by atoms with E-state index in [1.165, 1.54) is 11.1 Å². The lowest BCUT2D eigenvalue weighted by Crippen LogP contribution is -2.60. The molecule has 4 N–H and O–H groups in total. The highest BCUT2D eigenvalue weighted by Crippen LogP contribution is 2.32. The third kappa shape index (κ3) is 9.93. The molecule has 1 aromatic heterocycles. The van der Waals surface area contributed by atoms with E-state index in [4.69, 9.17) is 21.1 Å². The van der Waals surface area contributed by atoms with E-state index in [9.17, 15) is 24.3 Å². The minimum atomic E-state index is -1.43. The van der Waals surface area contributed by atoms with Gasteiger partial charge in [0, 0.05) is 24.7 Å². The van der Waals surface area contributed by atoms with Crippen molar-refractivity contribution in [1.29, 1.82) is 0 Å². The van der Waals surface area contributed by atoms with Crippen LogP contribution in [0.2, 0.25) is 5.02 Å². The molecule has 0 aromatic carbocycles. The van der Waals surface area contributed by atoms with E-state index in [1.54, 1.807) is 32.9 Å². The van der Waals surface area contributed by atoms with Gasteiger partial charge in [-0.3, -0.25) is 14.4 Å². The summed E-state index contributed by atoms with van der Waals surface area (Å²) in [5.74, 6) is -0.925. The van der Waals surface area contributed by atoms with Crippen molar-refractivity contribution in [3.05, 3.63) is 23.4 Å². The van der Waals surface area contributed by atoms with Crippen molar-refractivity contribution in [2.45, 2.75) is 128 Å². The number of carbonyl (C=O) groups excluding carboxylic acids is 4. The molecular weight excluding hydrogens is 602 g/mol. The molecule has 3 aliphatic rings. The zero-order valence-corrected chi connectivity index (χ0v) is 27.9. The van der Waals surface area contributed by atoms with Crippen LogP contribution in [-0.2, 0) is 19.1 Å². The molecule has 2 saturated carbocycles. The molecule has 12 nitrogen and oxygen atoms in total. The summed E-state index contributed by atoms with van der Waals surface area (Å²) in [5.41, 5.74) is -1.52. The van der Waals surface area contributed by atoms with Crippen LogP contribution in [0.4, 0.5) is 4.79 Å². The number of aliphatic hydroxyl groups is 1. The molecule has 4 rings (SSSR count). The van der Waals surface area contributed by atoms with Crippen molar-refractivity contribution in [2.75, 3.05) is 6.54 Å². The Morgan fingerprint density at radius 1 is 1.07 bits per heavy atom. The number of carbonyl (C=O) groups is 4. The van der Waals surface area contributed by atoms with Crippen molar-refractivity contribution in [3.63, 3.8) is 0 Å². The Balaban J connectivity index is 1.57. The fraction of sp³-hybridized carbons (Fsp3) is 0.719. The number of rotatable bonds is 11. The molecule has 0 spiro atoms. The van der Waals surface area contributed by atoms with Gasteiger partial charge in [0.1, 0.15) is 23.8 Å². The highest BCUT2D eigenvalue weighted by Gasteiger charge is 2.47. The Labute approximate surface area is 270 Å². The van der Waals surface area contributed by atoms with E-state index in [2.05, 4.69) is 20.9 Å². The normalized spacial score (nSPS) is 22.4. The van der Waals surface area contributed by atoms with Crippen LogP contribution in [0.25, 0.3) is 0 Å². The Morgan fingerprint density at radius 3 is 2.29 bits per heavy atom. The van der Waals surface area contributed by atoms with Crippen LogP contribution < -0.4 is 20.7 Å².